The number of hydrogen-bond acceptors (Lipinski definition) is 4. The Morgan fingerprint density at radius 3 is 2.64 bits per heavy atom. The van der Waals surface area contributed by atoms with Crippen LogP contribution in [0, 0.1) is 0 Å². The lowest BCUT2D eigenvalue weighted by Crippen LogP contribution is -2.37. The van der Waals surface area contributed by atoms with E-state index in [0.717, 1.165) is 5.69 Å². The number of likely N-dealkylation sites (N-methyl/N-ethyl adjacent to an activating group) is 1. The molecular weight excluding hydrogens is 349 g/mol. The number of carbonyl (C=O) groups is 1. The van der Waals surface area contributed by atoms with E-state index in [-0.39, 0.29) is 36.8 Å². The highest BCUT2D eigenvalue weighted by atomic mass is 35.5. The van der Waals surface area contributed by atoms with Gasteiger partial charge in [0.25, 0.3) is 0 Å². The third kappa shape index (κ3) is 8.54. The van der Waals surface area contributed by atoms with E-state index >= 15 is 0 Å². The van der Waals surface area contributed by atoms with Gasteiger partial charge in [-0.15, -0.1) is 24.8 Å². The van der Waals surface area contributed by atoms with Crippen molar-refractivity contribution in [2.24, 2.45) is 0 Å². The normalized spacial score (nSPS) is 10.7. The molecule has 0 heterocycles. The van der Waals surface area contributed by atoms with Gasteiger partial charge in [-0.3, -0.25) is 4.79 Å². The highest BCUT2D eigenvalue weighted by molar-refractivity contribution is 6.30. The van der Waals surface area contributed by atoms with E-state index in [1.165, 1.54) is 0 Å². The van der Waals surface area contributed by atoms with E-state index in [9.17, 15) is 4.79 Å². The fourth-order valence-electron chi connectivity index (χ4n) is 1.59. The van der Waals surface area contributed by atoms with Crippen LogP contribution in [0.5, 0.6) is 5.75 Å². The zero-order valence-corrected chi connectivity index (χ0v) is 15.3. The van der Waals surface area contributed by atoms with Crippen LogP contribution in [0.3, 0.4) is 0 Å². The molecule has 3 N–H and O–H groups in total. The first-order valence-electron chi connectivity index (χ1n) is 6.58. The largest absolute Gasteiger partial charge is 0.495 e. The fraction of sp³-hybridized carbons (Fsp3) is 0.500. The van der Waals surface area contributed by atoms with Crippen molar-refractivity contribution < 1.29 is 9.53 Å². The van der Waals surface area contributed by atoms with Crippen molar-refractivity contribution in [1.29, 1.82) is 0 Å². The molecular formula is C14H24Cl3N3O2. The molecule has 0 saturated heterocycles. The fourth-order valence-corrected chi connectivity index (χ4v) is 1.76. The predicted octanol–water partition coefficient (Wildman–Crippen LogP) is 2.72. The number of hydrogen-bond donors (Lipinski definition) is 3. The molecule has 1 atom stereocenters. The summed E-state index contributed by atoms with van der Waals surface area (Å²) in [4.78, 5) is 11.6. The van der Waals surface area contributed by atoms with Gasteiger partial charge < -0.3 is 20.7 Å². The number of anilines is 1. The van der Waals surface area contributed by atoms with E-state index in [2.05, 4.69) is 16.0 Å². The quantitative estimate of drug-likeness (QED) is 0.656. The van der Waals surface area contributed by atoms with E-state index in [1.807, 2.05) is 14.0 Å². The molecule has 0 aliphatic rings. The van der Waals surface area contributed by atoms with Crippen molar-refractivity contribution >= 4 is 48.0 Å². The Morgan fingerprint density at radius 2 is 2.05 bits per heavy atom. The summed E-state index contributed by atoms with van der Waals surface area (Å²) >= 11 is 5.93. The molecule has 0 aliphatic heterocycles. The molecule has 0 bridgehead atoms. The summed E-state index contributed by atoms with van der Waals surface area (Å²) < 4.78 is 5.22. The third-order valence-corrected chi connectivity index (χ3v) is 3.16. The van der Waals surface area contributed by atoms with Crippen LogP contribution in [0.1, 0.15) is 13.3 Å². The van der Waals surface area contributed by atoms with E-state index in [4.69, 9.17) is 16.3 Å². The molecule has 5 nitrogen and oxygen atoms in total. The Bertz CT molecular complexity index is 447. The summed E-state index contributed by atoms with van der Waals surface area (Å²) in [5, 5.41) is 9.70. The van der Waals surface area contributed by atoms with Gasteiger partial charge in [-0.2, -0.15) is 0 Å². The van der Waals surface area contributed by atoms with Crippen molar-refractivity contribution in [3.63, 3.8) is 0 Å². The standard InChI is InChI=1S/C14H22ClN3O2.2ClH/c1-10(16-2)9-18-14(19)6-7-17-12-8-11(15)4-5-13(12)20-3;;/h4-5,8,10,16-17H,6-7,9H2,1-3H3,(H,18,19);2*1H. The Labute approximate surface area is 149 Å². The third-order valence-electron chi connectivity index (χ3n) is 2.93. The Hall–Kier alpha value is -0.880. The van der Waals surface area contributed by atoms with Crippen molar-refractivity contribution in [3.05, 3.63) is 23.2 Å². The highest BCUT2D eigenvalue weighted by Gasteiger charge is 2.06. The molecule has 1 aromatic carbocycles. The van der Waals surface area contributed by atoms with Crippen LogP contribution >= 0.6 is 36.4 Å². The zero-order chi connectivity index (χ0) is 15.0. The molecule has 0 saturated carbocycles. The van der Waals surface area contributed by atoms with Gasteiger partial charge in [0.1, 0.15) is 5.75 Å². The van der Waals surface area contributed by atoms with Gasteiger partial charge in [0, 0.05) is 30.6 Å². The monoisotopic (exact) mass is 371 g/mol. The number of methoxy groups -OCH3 is 1. The second-order valence-electron chi connectivity index (χ2n) is 4.52. The summed E-state index contributed by atoms with van der Waals surface area (Å²) in [5.41, 5.74) is 0.788. The zero-order valence-electron chi connectivity index (χ0n) is 12.9. The molecule has 128 valence electrons. The second-order valence-corrected chi connectivity index (χ2v) is 4.95. The van der Waals surface area contributed by atoms with Crippen molar-refractivity contribution in [3.8, 4) is 5.75 Å². The van der Waals surface area contributed by atoms with Gasteiger partial charge in [-0.05, 0) is 32.2 Å². The van der Waals surface area contributed by atoms with Crippen molar-refractivity contribution in [2.45, 2.75) is 19.4 Å². The molecule has 0 aliphatic carbocycles. The van der Waals surface area contributed by atoms with Crippen molar-refractivity contribution in [2.75, 3.05) is 32.6 Å². The van der Waals surface area contributed by atoms with Crippen LogP contribution in [0.4, 0.5) is 5.69 Å². The van der Waals surface area contributed by atoms with Crippen LogP contribution in [-0.2, 0) is 4.79 Å². The first-order chi connectivity index (χ1) is 9.56. The Kier molecular flexibility index (Phi) is 13.4. The van der Waals surface area contributed by atoms with Crippen molar-refractivity contribution in [1.82, 2.24) is 10.6 Å². The molecule has 0 radical (unpaired) electrons. The maximum atomic E-state index is 11.6. The van der Waals surface area contributed by atoms with Crippen LogP contribution in [-0.4, -0.2) is 39.2 Å². The highest BCUT2D eigenvalue weighted by Crippen LogP contribution is 2.27. The average Bonchev–Trinajstić information content (AvgIpc) is 2.45. The summed E-state index contributed by atoms with van der Waals surface area (Å²) in [6.45, 7) is 3.15. The lowest BCUT2D eigenvalue weighted by atomic mass is 10.2. The molecule has 1 amide bonds. The first-order valence-corrected chi connectivity index (χ1v) is 6.96. The predicted molar refractivity (Wildman–Crippen MR) is 97.1 cm³/mol. The number of benzene rings is 1. The summed E-state index contributed by atoms with van der Waals surface area (Å²) in [6.07, 6.45) is 0.395. The van der Waals surface area contributed by atoms with Gasteiger partial charge in [0.2, 0.25) is 5.91 Å². The van der Waals surface area contributed by atoms with Gasteiger partial charge in [0.15, 0.2) is 0 Å². The molecule has 0 spiro atoms. The van der Waals surface area contributed by atoms with Gasteiger partial charge >= 0.3 is 0 Å². The lowest BCUT2D eigenvalue weighted by Gasteiger charge is -2.13. The minimum Gasteiger partial charge on any atom is -0.495 e. The molecule has 8 heteroatoms. The Morgan fingerprint density at radius 1 is 1.36 bits per heavy atom. The smallest absolute Gasteiger partial charge is 0.221 e. The minimum absolute atomic E-state index is 0. The summed E-state index contributed by atoms with van der Waals surface area (Å²) in [6, 6.07) is 5.60. The number of ether oxygens (including phenoxy) is 1. The van der Waals surface area contributed by atoms with Gasteiger partial charge in [-0.25, -0.2) is 0 Å². The maximum Gasteiger partial charge on any atom is 0.221 e. The number of nitrogens with one attached hydrogen (secondary N) is 3. The maximum absolute atomic E-state index is 11.6. The lowest BCUT2D eigenvalue weighted by molar-refractivity contribution is -0.120. The number of halogens is 3. The number of carbonyl (C=O) groups excluding carboxylic acids is 1. The summed E-state index contributed by atoms with van der Waals surface area (Å²) in [5.74, 6) is 0.721. The molecule has 0 fully saturated rings. The molecule has 1 rings (SSSR count). The average molecular weight is 373 g/mol. The minimum atomic E-state index is 0. The topological polar surface area (TPSA) is 62.4 Å². The number of amides is 1. The van der Waals surface area contributed by atoms with Crippen LogP contribution < -0.4 is 20.7 Å². The van der Waals surface area contributed by atoms with E-state index in [1.54, 1.807) is 25.3 Å². The molecule has 1 aromatic rings. The van der Waals surface area contributed by atoms with Gasteiger partial charge in [0.05, 0.1) is 12.8 Å². The van der Waals surface area contributed by atoms with Crippen LogP contribution in [0.2, 0.25) is 5.02 Å². The molecule has 0 aromatic heterocycles. The summed E-state index contributed by atoms with van der Waals surface area (Å²) in [7, 11) is 3.46. The Balaban J connectivity index is 0. The number of rotatable bonds is 8. The SMILES string of the molecule is CNC(C)CNC(=O)CCNc1cc(Cl)ccc1OC.Cl.Cl. The van der Waals surface area contributed by atoms with E-state index in [0.29, 0.717) is 30.3 Å². The van der Waals surface area contributed by atoms with Crippen LogP contribution in [0.15, 0.2) is 18.2 Å². The van der Waals surface area contributed by atoms with E-state index < -0.39 is 0 Å². The first kappa shape index (κ1) is 23.4. The second kappa shape index (κ2) is 12.6. The molecule has 22 heavy (non-hydrogen) atoms. The van der Waals surface area contributed by atoms with Gasteiger partial charge in [-0.1, -0.05) is 11.6 Å². The van der Waals surface area contributed by atoms with Crippen LogP contribution in [0.25, 0.3) is 0 Å². The molecule has 1 unspecified atom stereocenters.